The number of amides is 4. The van der Waals surface area contributed by atoms with Gasteiger partial charge in [0.1, 0.15) is 5.75 Å². The molecule has 4 aromatic carbocycles. The average molecular weight is 853 g/mol. The molecule has 2 aliphatic rings. The van der Waals surface area contributed by atoms with Crippen LogP contribution >= 0.6 is 0 Å². The lowest BCUT2D eigenvalue weighted by Gasteiger charge is -2.33. The molecule has 4 amide bonds. The quantitative estimate of drug-likeness (QED) is 0.0731. The van der Waals surface area contributed by atoms with Crippen LogP contribution in [0.5, 0.6) is 5.75 Å². The Morgan fingerprint density at radius 2 is 1.62 bits per heavy atom. The van der Waals surface area contributed by atoms with Gasteiger partial charge in [-0.1, -0.05) is 36.4 Å². The maximum atomic E-state index is 13.7. The number of nitrogens with zero attached hydrogens (tertiary/aromatic N) is 5. The molecule has 1 atom stereocenters. The van der Waals surface area contributed by atoms with E-state index in [0.717, 1.165) is 43.6 Å². The number of ether oxygens (including phenoxy) is 1. The van der Waals surface area contributed by atoms with Crippen molar-refractivity contribution in [3.8, 4) is 17.0 Å². The topological polar surface area (TPSA) is 179 Å². The number of aryl methyl sites for hydroxylation is 1. The van der Waals surface area contributed by atoms with Crippen LogP contribution in [0.4, 0.5) is 21.9 Å². The van der Waals surface area contributed by atoms with Crippen LogP contribution in [0.2, 0.25) is 0 Å². The number of pyridine rings is 1. The van der Waals surface area contributed by atoms with E-state index in [1.54, 1.807) is 47.5 Å². The van der Waals surface area contributed by atoms with Gasteiger partial charge in [0.25, 0.3) is 17.5 Å². The Bertz CT molecular complexity index is 2450. The molecule has 1 aromatic heterocycles. The summed E-state index contributed by atoms with van der Waals surface area (Å²) < 4.78 is 5.38. The van der Waals surface area contributed by atoms with E-state index >= 15 is 0 Å². The molecule has 326 valence electrons. The summed E-state index contributed by atoms with van der Waals surface area (Å²) in [6, 6.07) is 29.8. The van der Waals surface area contributed by atoms with Gasteiger partial charge >= 0.3 is 6.09 Å². The van der Waals surface area contributed by atoms with Crippen LogP contribution < -0.4 is 25.6 Å². The Kier molecular flexibility index (Phi) is 14.4. The van der Waals surface area contributed by atoms with E-state index in [1.165, 1.54) is 29.8 Å². The lowest BCUT2D eigenvalue weighted by atomic mass is 9.87. The van der Waals surface area contributed by atoms with E-state index < -0.39 is 11.0 Å². The van der Waals surface area contributed by atoms with E-state index in [1.807, 2.05) is 30.3 Å². The van der Waals surface area contributed by atoms with E-state index in [9.17, 15) is 29.3 Å². The predicted octanol–water partition coefficient (Wildman–Crippen LogP) is 7.04. The minimum atomic E-state index is -0.524. The largest absolute Gasteiger partial charge is 0.415 e. The number of nitro groups is 1. The van der Waals surface area contributed by atoms with Crippen molar-refractivity contribution in [2.75, 3.05) is 62.6 Å². The fourth-order valence-corrected chi connectivity index (χ4v) is 8.09. The molecule has 5 aromatic rings. The molecular formula is C48H52N8O7. The third kappa shape index (κ3) is 11.2. The minimum Gasteiger partial charge on any atom is -0.410 e. The van der Waals surface area contributed by atoms with Gasteiger partial charge < -0.3 is 30.5 Å². The van der Waals surface area contributed by atoms with Gasteiger partial charge in [0.2, 0.25) is 5.91 Å². The highest BCUT2D eigenvalue weighted by atomic mass is 16.6. The van der Waals surface area contributed by atoms with Gasteiger partial charge in [-0.25, -0.2) is 4.79 Å². The number of carbonyl (C=O) groups excluding carboxylic acids is 4. The maximum absolute atomic E-state index is 13.7. The van der Waals surface area contributed by atoms with Crippen LogP contribution in [0.1, 0.15) is 70.1 Å². The van der Waals surface area contributed by atoms with Crippen molar-refractivity contribution in [1.82, 2.24) is 25.4 Å². The lowest BCUT2D eigenvalue weighted by Crippen LogP contribution is -2.51. The smallest absolute Gasteiger partial charge is 0.410 e. The van der Waals surface area contributed by atoms with Gasteiger partial charge in [-0.3, -0.25) is 34.4 Å². The standard InChI is InChI=1S/C48H52N8O7/c1-3-54(4-2)38-17-20-43(41(32-38)44-31-36(21-22-49-44)47(59)52-42-14-8-11-34-10-5-6-13-40(34)42)51-45(57)30-33-9-7-12-35(29-33)46(58)50-23-24-53-25-27-55(28-26-53)48(60)63-39-18-15-37(16-19-39)56(61)62/h5-7,9-10,12-13,15-22,29,31-32,42H,3-4,8,11,14,23-28,30H2,1-2H3,(H,50,58)(H,51,57)(H,52,59). The van der Waals surface area contributed by atoms with Crippen molar-refractivity contribution in [1.29, 1.82) is 0 Å². The third-order valence-corrected chi connectivity index (χ3v) is 11.5. The highest BCUT2D eigenvalue weighted by molar-refractivity contribution is 5.99. The molecule has 1 aliphatic heterocycles. The summed E-state index contributed by atoms with van der Waals surface area (Å²) in [6.45, 7) is 8.73. The van der Waals surface area contributed by atoms with Gasteiger partial charge in [-0.15, -0.1) is 0 Å². The van der Waals surface area contributed by atoms with Crippen molar-refractivity contribution in [2.45, 2.75) is 45.6 Å². The Hall–Kier alpha value is -7.13. The van der Waals surface area contributed by atoms with E-state index in [2.05, 4.69) is 56.7 Å². The zero-order valence-electron chi connectivity index (χ0n) is 35.5. The monoisotopic (exact) mass is 852 g/mol. The highest BCUT2D eigenvalue weighted by Crippen LogP contribution is 2.33. The predicted molar refractivity (Wildman–Crippen MR) is 241 cm³/mol. The molecule has 0 spiro atoms. The molecule has 1 fully saturated rings. The van der Waals surface area contributed by atoms with Crippen LogP contribution in [0.25, 0.3) is 11.3 Å². The van der Waals surface area contributed by atoms with Crippen LogP contribution in [0, 0.1) is 10.1 Å². The molecule has 0 saturated carbocycles. The Labute approximate surface area is 366 Å². The molecule has 0 radical (unpaired) electrons. The van der Waals surface area contributed by atoms with Gasteiger partial charge in [-0.05, 0) is 104 Å². The average Bonchev–Trinajstić information content (AvgIpc) is 3.30. The van der Waals surface area contributed by atoms with Crippen LogP contribution in [-0.4, -0.2) is 95.9 Å². The maximum Gasteiger partial charge on any atom is 0.415 e. The first-order valence-corrected chi connectivity index (χ1v) is 21.4. The van der Waals surface area contributed by atoms with Crippen molar-refractivity contribution in [3.63, 3.8) is 0 Å². The second kappa shape index (κ2) is 20.6. The van der Waals surface area contributed by atoms with E-state index in [-0.39, 0.29) is 41.6 Å². The summed E-state index contributed by atoms with van der Waals surface area (Å²) in [5.41, 5.74) is 6.66. The number of nitrogens with one attached hydrogen (secondary N) is 3. The molecule has 15 nitrogen and oxygen atoms in total. The highest BCUT2D eigenvalue weighted by Gasteiger charge is 2.25. The fraction of sp³-hybridized carbons (Fsp3) is 0.312. The number of carbonyl (C=O) groups is 4. The Morgan fingerprint density at radius 1 is 0.857 bits per heavy atom. The number of non-ortho nitro benzene ring substituents is 1. The second-order valence-electron chi connectivity index (χ2n) is 15.6. The van der Waals surface area contributed by atoms with Gasteiger partial charge in [0.15, 0.2) is 0 Å². The summed E-state index contributed by atoms with van der Waals surface area (Å²) in [6.07, 6.45) is 3.99. The molecule has 1 aliphatic carbocycles. The van der Waals surface area contributed by atoms with Crippen molar-refractivity contribution >= 4 is 40.9 Å². The first-order chi connectivity index (χ1) is 30.6. The summed E-state index contributed by atoms with van der Waals surface area (Å²) in [5, 5.41) is 20.2. The zero-order chi connectivity index (χ0) is 44.3. The number of anilines is 2. The molecular weight excluding hydrogens is 801 g/mol. The normalized spacial score (nSPS) is 14.8. The summed E-state index contributed by atoms with van der Waals surface area (Å²) >= 11 is 0. The van der Waals surface area contributed by atoms with Crippen LogP contribution in [0.3, 0.4) is 0 Å². The van der Waals surface area contributed by atoms with E-state index in [4.69, 9.17) is 4.74 Å². The molecule has 7 rings (SSSR count). The minimum absolute atomic E-state index is 0.0218. The zero-order valence-corrected chi connectivity index (χ0v) is 35.5. The summed E-state index contributed by atoms with van der Waals surface area (Å²) in [4.78, 5) is 74.1. The SMILES string of the molecule is CCN(CC)c1ccc(NC(=O)Cc2cccc(C(=O)NCCN3CCN(C(=O)Oc4ccc([N+](=O)[O-])cc4)CC3)c2)c(-c2cc(C(=O)NC3CCCc4ccccc43)ccn2)c1. The molecule has 63 heavy (non-hydrogen) atoms. The number of fused-ring (bicyclic) bond motifs is 1. The Balaban J connectivity index is 0.939. The molecule has 1 saturated heterocycles. The third-order valence-electron chi connectivity index (χ3n) is 11.5. The number of piperazine rings is 1. The number of hydrogen-bond donors (Lipinski definition) is 3. The fourth-order valence-electron chi connectivity index (χ4n) is 8.09. The van der Waals surface area contributed by atoms with Gasteiger partial charge in [0, 0.05) is 93.1 Å². The number of nitro benzene ring substituents is 1. The number of aromatic nitrogens is 1. The molecule has 15 heteroatoms. The number of hydrogen-bond acceptors (Lipinski definition) is 10. The second-order valence-corrected chi connectivity index (χ2v) is 15.6. The van der Waals surface area contributed by atoms with Crippen LogP contribution in [0.15, 0.2) is 109 Å². The van der Waals surface area contributed by atoms with Crippen LogP contribution in [-0.2, 0) is 17.6 Å². The first-order valence-electron chi connectivity index (χ1n) is 21.4. The van der Waals surface area contributed by atoms with Crippen molar-refractivity contribution in [3.05, 3.63) is 147 Å². The van der Waals surface area contributed by atoms with Crippen molar-refractivity contribution < 1.29 is 28.8 Å². The molecule has 2 heterocycles. The van der Waals surface area contributed by atoms with Gasteiger partial charge in [0.05, 0.1) is 28.8 Å². The molecule has 0 bridgehead atoms. The van der Waals surface area contributed by atoms with E-state index in [0.29, 0.717) is 72.9 Å². The summed E-state index contributed by atoms with van der Waals surface area (Å²) in [5.74, 6) is -0.490. The lowest BCUT2D eigenvalue weighted by molar-refractivity contribution is -0.384. The Morgan fingerprint density at radius 3 is 2.38 bits per heavy atom. The van der Waals surface area contributed by atoms with Gasteiger partial charge in [-0.2, -0.15) is 0 Å². The molecule has 3 N–H and O–H groups in total. The number of benzene rings is 4. The summed E-state index contributed by atoms with van der Waals surface area (Å²) in [7, 11) is 0. The molecule has 1 unspecified atom stereocenters. The first kappa shape index (κ1) is 43.9. The van der Waals surface area contributed by atoms with Crippen molar-refractivity contribution in [2.24, 2.45) is 0 Å². The number of rotatable bonds is 15.